The molecule has 1 aromatic rings. The van der Waals surface area contributed by atoms with E-state index in [1.807, 2.05) is 32.6 Å². The van der Waals surface area contributed by atoms with E-state index in [0.29, 0.717) is 11.9 Å². The summed E-state index contributed by atoms with van der Waals surface area (Å²) in [6.07, 6.45) is 5.42. The summed E-state index contributed by atoms with van der Waals surface area (Å²) >= 11 is 5.62. The number of amides is 1. The van der Waals surface area contributed by atoms with Crippen LogP contribution >= 0.6 is 11.6 Å². The maximum atomic E-state index is 11.6. The van der Waals surface area contributed by atoms with Crippen molar-refractivity contribution < 1.29 is 14.1 Å². The Morgan fingerprint density at radius 1 is 1.22 bits per heavy atom. The van der Waals surface area contributed by atoms with Gasteiger partial charge >= 0.3 is 7.12 Å². The van der Waals surface area contributed by atoms with E-state index in [2.05, 4.69) is 15.3 Å². The Labute approximate surface area is 166 Å². The van der Waals surface area contributed by atoms with Gasteiger partial charge in [0.1, 0.15) is 5.88 Å². The monoisotopic (exact) mass is 394 g/mol. The molecule has 1 amide bonds. The van der Waals surface area contributed by atoms with E-state index in [1.54, 1.807) is 12.4 Å². The molecule has 148 valence electrons. The third kappa shape index (κ3) is 4.55. The van der Waals surface area contributed by atoms with Crippen LogP contribution in [0.15, 0.2) is 12.4 Å². The Bertz CT molecular complexity index is 647. The zero-order chi connectivity index (χ0) is 19.7. The number of halogens is 1. The van der Waals surface area contributed by atoms with Gasteiger partial charge in [0, 0.05) is 37.5 Å². The topological polar surface area (TPSA) is 76.6 Å². The summed E-state index contributed by atoms with van der Waals surface area (Å²) in [6, 6.07) is 0. The van der Waals surface area contributed by atoms with Gasteiger partial charge in [0.15, 0.2) is 0 Å². The number of carbonyl (C=O) groups excluding carboxylic acids is 1. The molecule has 3 rings (SSSR count). The number of nitrogens with zero attached hydrogens (tertiary/aromatic N) is 3. The van der Waals surface area contributed by atoms with E-state index in [-0.39, 0.29) is 23.0 Å². The first-order valence-corrected chi connectivity index (χ1v) is 10.0. The zero-order valence-electron chi connectivity index (χ0n) is 16.5. The summed E-state index contributed by atoms with van der Waals surface area (Å²) in [5, 5.41) is 3.29. The number of hydrogen-bond acceptors (Lipinski definition) is 6. The number of likely N-dealkylation sites (tertiary alicyclic amines) is 1. The largest absolute Gasteiger partial charge is 0.498 e. The number of hydrogen-bond donors (Lipinski definition) is 1. The van der Waals surface area contributed by atoms with Crippen molar-refractivity contribution in [3.05, 3.63) is 12.4 Å². The first-order chi connectivity index (χ1) is 12.7. The number of anilines is 1. The average Bonchev–Trinajstić information content (AvgIpc) is 2.87. The van der Waals surface area contributed by atoms with Crippen LogP contribution in [0.1, 0.15) is 40.5 Å². The SMILES string of the molecule is CC1(C)OB(c2cnc(NCC3CCN(C(=O)CCl)CC3)nc2)OC1(C)C. The Balaban J connectivity index is 1.49. The lowest BCUT2D eigenvalue weighted by Crippen LogP contribution is -2.41. The molecule has 1 N–H and O–H groups in total. The van der Waals surface area contributed by atoms with Crippen molar-refractivity contribution in [1.82, 2.24) is 14.9 Å². The van der Waals surface area contributed by atoms with Crippen molar-refractivity contribution in [1.29, 1.82) is 0 Å². The van der Waals surface area contributed by atoms with Crippen LogP contribution in [0.3, 0.4) is 0 Å². The molecule has 0 radical (unpaired) electrons. The number of nitrogens with one attached hydrogen (secondary N) is 1. The smallest absolute Gasteiger partial charge is 0.399 e. The normalized spacial score (nSPS) is 22.1. The van der Waals surface area contributed by atoms with Crippen LogP contribution in [0.4, 0.5) is 5.95 Å². The van der Waals surface area contributed by atoms with Crippen LogP contribution in [0.25, 0.3) is 0 Å². The van der Waals surface area contributed by atoms with Crippen LogP contribution in [-0.4, -0.2) is 64.6 Å². The maximum Gasteiger partial charge on any atom is 0.498 e. The second kappa shape index (κ2) is 7.93. The van der Waals surface area contributed by atoms with E-state index in [1.165, 1.54) is 0 Å². The number of alkyl halides is 1. The minimum atomic E-state index is -0.451. The van der Waals surface area contributed by atoms with Crippen molar-refractivity contribution in [3.8, 4) is 0 Å². The molecule has 27 heavy (non-hydrogen) atoms. The Morgan fingerprint density at radius 3 is 2.30 bits per heavy atom. The van der Waals surface area contributed by atoms with Gasteiger partial charge in [-0.2, -0.15) is 0 Å². The van der Waals surface area contributed by atoms with Crippen LogP contribution in [-0.2, 0) is 14.1 Å². The van der Waals surface area contributed by atoms with Crippen LogP contribution in [0.2, 0.25) is 0 Å². The molecule has 2 saturated heterocycles. The van der Waals surface area contributed by atoms with E-state index in [4.69, 9.17) is 20.9 Å². The Morgan fingerprint density at radius 2 is 1.78 bits per heavy atom. The fourth-order valence-corrected chi connectivity index (χ4v) is 3.41. The molecular formula is C18H28BClN4O3. The molecule has 1 aromatic heterocycles. The van der Waals surface area contributed by atoms with E-state index < -0.39 is 7.12 Å². The third-order valence-electron chi connectivity index (χ3n) is 5.83. The van der Waals surface area contributed by atoms with Crippen molar-refractivity contribution in [2.45, 2.75) is 51.7 Å². The van der Waals surface area contributed by atoms with Gasteiger partial charge in [0.2, 0.25) is 11.9 Å². The average molecular weight is 395 g/mol. The number of piperidine rings is 1. The minimum Gasteiger partial charge on any atom is -0.399 e. The van der Waals surface area contributed by atoms with Gasteiger partial charge in [-0.15, -0.1) is 11.6 Å². The molecular weight excluding hydrogens is 366 g/mol. The summed E-state index contributed by atoms with van der Waals surface area (Å²) in [7, 11) is -0.451. The second-order valence-corrected chi connectivity index (χ2v) is 8.53. The summed E-state index contributed by atoms with van der Waals surface area (Å²) in [4.78, 5) is 22.2. The first kappa shape index (κ1) is 20.4. The Hall–Kier alpha value is -1.38. The van der Waals surface area contributed by atoms with Crippen molar-refractivity contribution in [2.24, 2.45) is 5.92 Å². The van der Waals surface area contributed by atoms with Gasteiger partial charge in [0.05, 0.1) is 11.2 Å². The highest BCUT2D eigenvalue weighted by molar-refractivity contribution is 6.61. The molecule has 0 aliphatic carbocycles. The lowest BCUT2D eigenvalue weighted by atomic mass is 9.81. The predicted octanol–water partition coefficient (Wildman–Crippen LogP) is 1.67. The minimum absolute atomic E-state index is 0.0182. The van der Waals surface area contributed by atoms with Gasteiger partial charge in [-0.25, -0.2) is 9.97 Å². The molecule has 7 nitrogen and oxygen atoms in total. The zero-order valence-corrected chi connectivity index (χ0v) is 17.3. The maximum absolute atomic E-state index is 11.6. The van der Waals surface area contributed by atoms with Crippen molar-refractivity contribution in [2.75, 3.05) is 30.8 Å². The molecule has 2 aliphatic heterocycles. The van der Waals surface area contributed by atoms with Crippen LogP contribution in [0, 0.1) is 5.92 Å². The first-order valence-electron chi connectivity index (χ1n) is 9.47. The Kier molecular flexibility index (Phi) is 5.98. The van der Waals surface area contributed by atoms with Crippen LogP contribution < -0.4 is 10.8 Å². The van der Waals surface area contributed by atoms with Gasteiger partial charge in [-0.3, -0.25) is 4.79 Å². The molecule has 0 atom stereocenters. The third-order valence-corrected chi connectivity index (χ3v) is 6.06. The highest BCUT2D eigenvalue weighted by atomic mass is 35.5. The number of rotatable bonds is 5. The van der Waals surface area contributed by atoms with E-state index >= 15 is 0 Å². The van der Waals surface area contributed by atoms with Gasteiger partial charge < -0.3 is 19.5 Å². The van der Waals surface area contributed by atoms with E-state index in [0.717, 1.165) is 37.9 Å². The highest BCUT2D eigenvalue weighted by Crippen LogP contribution is 2.36. The fourth-order valence-electron chi connectivity index (χ4n) is 3.24. The van der Waals surface area contributed by atoms with Crippen molar-refractivity contribution in [3.63, 3.8) is 0 Å². The lowest BCUT2D eigenvalue weighted by Gasteiger charge is -2.32. The molecule has 0 saturated carbocycles. The molecule has 0 aromatic carbocycles. The van der Waals surface area contributed by atoms with Gasteiger partial charge in [0.25, 0.3) is 0 Å². The van der Waals surface area contributed by atoms with E-state index in [9.17, 15) is 4.79 Å². The molecule has 2 aliphatic rings. The molecule has 2 fully saturated rings. The number of carbonyl (C=O) groups is 1. The highest BCUT2D eigenvalue weighted by Gasteiger charge is 2.51. The summed E-state index contributed by atoms with van der Waals surface area (Å²) in [6.45, 7) is 10.4. The standard InChI is InChI=1S/C18H28BClN4O3/c1-17(2)18(3,4)27-19(26-17)14-11-22-16(23-12-14)21-10-13-5-7-24(8-6-13)15(25)9-20/h11-13H,5-10H2,1-4H3,(H,21,22,23). The van der Waals surface area contributed by atoms with Crippen LogP contribution in [0.5, 0.6) is 0 Å². The summed E-state index contributed by atoms with van der Waals surface area (Å²) in [5.74, 6) is 1.17. The van der Waals surface area contributed by atoms with Crippen molar-refractivity contribution >= 4 is 36.0 Å². The quantitative estimate of drug-likeness (QED) is 0.605. The predicted molar refractivity (Wildman–Crippen MR) is 106 cm³/mol. The molecule has 0 unspecified atom stereocenters. The molecule has 0 bridgehead atoms. The summed E-state index contributed by atoms with van der Waals surface area (Å²) < 4.78 is 12.0. The lowest BCUT2D eigenvalue weighted by molar-refractivity contribution is -0.129. The van der Waals surface area contributed by atoms with Gasteiger partial charge in [-0.05, 0) is 46.5 Å². The molecule has 0 spiro atoms. The second-order valence-electron chi connectivity index (χ2n) is 8.27. The molecule has 9 heteroatoms. The number of aromatic nitrogens is 2. The fraction of sp³-hybridized carbons (Fsp3) is 0.722. The van der Waals surface area contributed by atoms with Gasteiger partial charge in [-0.1, -0.05) is 0 Å². The summed E-state index contributed by atoms with van der Waals surface area (Å²) in [5.41, 5.74) is 0.0508. The molecule has 3 heterocycles.